The maximum atomic E-state index is 5.82. The molecule has 0 radical (unpaired) electrons. The molecule has 0 saturated carbocycles. The van der Waals surface area contributed by atoms with Gasteiger partial charge in [-0.15, -0.1) is 11.3 Å². The number of hydrogen-bond donors (Lipinski definition) is 0. The third-order valence-corrected chi connectivity index (χ3v) is 5.55. The zero-order valence-corrected chi connectivity index (χ0v) is 15.3. The van der Waals surface area contributed by atoms with E-state index in [1.807, 2.05) is 11.3 Å². The lowest BCUT2D eigenvalue weighted by Gasteiger charge is -2.36. The minimum atomic E-state index is 0.279. The number of thiophene rings is 1. The summed E-state index contributed by atoms with van der Waals surface area (Å²) in [5, 5.41) is 0. The lowest BCUT2D eigenvalue weighted by molar-refractivity contribution is -0.0708. The van der Waals surface area contributed by atoms with E-state index in [0.717, 1.165) is 13.1 Å². The summed E-state index contributed by atoms with van der Waals surface area (Å²) in [7, 11) is 0. The van der Waals surface area contributed by atoms with E-state index in [9.17, 15) is 0 Å². The summed E-state index contributed by atoms with van der Waals surface area (Å²) < 4.78 is 5.82. The number of rotatable bonds is 4. The molecule has 1 aromatic heterocycles. The molecule has 0 bridgehead atoms. The molecule has 2 nitrogen and oxygen atoms in total. The van der Waals surface area contributed by atoms with Crippen molar-refractivity contribution in [3.63, 3.8) is 0 Å². The second-order valence-electron chi connectivity index (χ2n) is 7.80. The summed E-state index contributed by atoms with van der Waals surface area (Å²) in [6, 6.07) is 4.64. The first-order valence-corrected chi connectivity index (χ1v) is 9.02. The summed E-state index contributed by atoms with van der Waals surface area (Å²) in [4.78, 5) is 5.60. The van der Waals surface area contributed by atoms with Crippen LogP contribution >= 0.6 is 11.3 Å². The van der Waals surface area contributed by atoms with Crippen molar-refractivity contribution in [1.82, 2.24) is 4.90 Å². The second-order valence-corrected chi connectivity index (χ2v) is 8.97. The molecule has 0 aliphatic carbocycles. The van der Waals surface area contributed by atoms with Crippen LogP contribution in [-0.4, -0.2) is 36.7 Å². The maximum absolute atomic E-state index is 5.82. The molecule has 1 aromatic rings. The predicted octanol–water partition coefficient (Wildman–Crippen LogP) is 4.33. The zero-order valence-electron chi connectivity index (χ0n) is 14.5. The van der Waals surface area contributed by atoms with Crippen molar-refractivity contribution in [1.29, 1.82) is 0 Å². The van der Waals surface area contributed by atoms with Crippen LogP contribution in [0, 0.1) is 5.92 Å². The van der Waals surface area contributed by atoms with E-state index >= 15 is 0 Å². The Labute approximate surface area is 134 Å². The molecule has 2 rings (SSSR count). The lowest BCUT2D eigenvalue weighted by atomic mass is 9.95. The van der Waals surface area contributed by atoms with Gasteiger partial charge < -0.3 is 4.74 Å². The monoisotopic (exact) mass is 309 g/mol. The Morgan fingerprint density at radius 2 is 1.86 bits per heavy atom. The van der Waals surface area contributed by atoms with Gasteiger partial charge in [0.15, 0.2) is 0 Å². The highest BCUT2D eigenvalue weighted by Gasteiger charge is 2.23. The van der Waals surface area contributed by atoms with Crippen molar-refractivity contribution in [2.24, 2.45) is 5.92 Å². The fraction of sp³-hybridized carbons (Fsp3) is 0.778. The first-order chi connectivity index (χ1) is 9.74. The van der Waals surface area contributed by atoms with Gasteiger partial charge in [0.05, 0.1) is 12.2 Å². The maximum Gasteiger partial charge on any atom is 0.0678 e. The molecule has 0 aromatic carbocycles. The Kier molecular flexibility index (Phi) is 5.50. The van der Waals surface area contributed by atoms with E-state index in [4.69, 9.17) is 4.74 Å². The topological polar surface area (TPSA) is 12.5 Å². The molecule has 1 saturated heterocycles. The smallest absolute Gasteiger partial charge is 0.0678 e. The Balaban J connectivity index is 1.87. The SMILES string of the molecule is CC(Cc1ccc(C(C)(C)C)s1)CN1CC(C)OC(C)C1. The highest BCUT2D eigenvalue weighted by atomic mass is 32.1. The number of ether oxygens (including phenoxy) is 1. The van der Waals surface area contributed by atoms with Gasteiger partial charge in [-0.2, -0.15) is 0 Å². The Bertz CT molecular complexity index is 438. The molecule has 1 fully saturated rings. The summed E-state index contributed by atoms with van der Waals surface area (Å²) >= 11 is 1.99. The number of nitrogens with zero attached hydrogens (tertiary/aromatic N) is 1. The third kappa shape index (κ3) is 5.08. The average molecular weight is 310 g/mol. The molecular formula is C18H31NOS. The van der Waals surface area contributed by atoms with Gasteiger partial charge in [-0.3, -0.25) is 4.90 Å². The van der Waals surface area contributed by atoms with Gasteiger partial charge in [0.2, 0.25) is 0 Å². The summed E-state index contributed by atoms with van der Waals surface area (Å²) in [5.41, 5.74) is 0.279. The molecule has 0 N–H and O–H groups in total. The minimum Gasteiger partial charge on any atom is -0.373 e. The van der Waals surface area contributed by atoms with Crippen LogP contribution in [0.25, 0.3) is 0 Å². The largest absolute Gasteiger partial charge is 0.373 e. The van der Waals surface area contributed by atoms with Crippen LogP contribution in [-0.2, 0) is 16.6 Å². The van der Waals surface area contributed by atoms with Crippen molar-refractivity contribution >= 4 is 11.3 Å². The van der Waals surface area contributed by atoms with Crippen molar-refractivity contribution in [2.75, 3.05) is 19.6 Å². The lowest BCUT2D eigenvalue weighted by Crippen LogP contribution is -2.47. The van der Waals surface area contributed by atoms with E-state index in [2.05, 4.69) is 58.6 Å². The molecule has 3 heteroatoms. The van der Waals surface area contributed by atoms with E-state index in [1.54, 1.807) is 0 Å². The first-order valence-electron chi connectivity index (χ1n) is 8.21. The molecule has 0 amide bonds. The molecule has 3 unspecified atom stereocenters. The fourth-order valence-corrected chi connectivity index (χ4v) is 4.40. The molecular weight excluding hydrogens is 278 g/mol. The van der Waals surface area contributed by atoms with Crippen molar-refractivity contribution in [3.8, 4) is 0 Å². The van der Waals surface area contributed by atoms with Crippen LogP contribution < -0.4 is 0 Å². The highest BCUT2D eigenvalue weighted by molar-refractivity contribution is 7.12. The van der Waals surface area contributed by atoms with E-state index in [1.165, 1.54) is 22.7 Å². The Morgan fingerprint density at radius 1 is 1.24 bits per heavy atom. The molecule has 3 atom stereocenters. The zero-order chi connectivity index (χ0) is 15.6. The van der Waals surface area contributed by atoms with Gasteiger partial charge in [-0.25, -0.2) is 0 Å². The summed E-state index contributed by atoms with van der Waals surface area (Å²) in [6.07, 6.45) is 1.94. The molecule has 2 heterocycles. The third-order valence-electron chi connectivity index (χ3n) is 4.02. The van der Waals surface area contributed by atoms with Crippen LogP contribution in [0.2, 0.25) is 0 Å². The summed E-state index contributed by atoms with van der Waals surface area (Å²) in [6.45, 7) is 17.0. The van der Waals surface area contributed by atoms with E-state index < -0.39 is 0 Å². The van der Waals surface area contributed by atoms with Crippen LogP contribution in [0.5, 0.6) is 0 Å². The van der Waals surface area contributed by atoms with Gasteiger partial charge in [0.1, 0.15) is 0 Å². The second kappa shape index (κ2) is 6.80. The standard InChI is InChI=1S/C18H31NOS/c1-13(10-19-11-14(2)20-15(3)12-19)9-16-7-8-17(21-16)18(4,5)6/h7-8,13-15H,9-12H2,1-6H3. The molecule has 1 aliphatic rings. The van der Waals surface area contributed by atoms with Crippen LogP contribution in [0.4, 0.5) is 0 Å². The molecule has 1 aliphatic heterocycles. The van der Waals surface area contributed by atoms with Gasteiger partial charge in [0.25, 0.3) is 0 Å². The van der Waals surface area contributed by atoms with Crippen molar-refractivity contribution in [2.45, 2.75) is 65.6 Å². The quantitative estimate of drug-likeness (QED) is 0.820. The molecule has 0 spiro atoms. The van der Waals surface area contributed by atoms with Gasteiger partial charge in [-0.1, -0.05) is 27.7 Å². The average Bonchev–Trinajstić information content (AvgIpc) is 2.75. The first kappa shape index (κ1) is 17.0. The Hall–Kier alpha value is -0.380. The fourth-order valence-electron chi connectivity index (χ4n) is 3.17. The van der Waals surface area contributed by atoms with E-state index in [-0.39, 0.29) is 5.41 Å². The van der Waals surface area contributed by atoms with E-state index in [0.29, 0.717) is 18.1 Å². The van der Waals surface area contributed by atoms with Crippen LogP contribution in [0.1, 0.15) is 51.3 Å². The normalized spacial score (nSPS) is 26.0. The minimum absolute atomic E-state index is 0.279. The van der Waals surface area contributed by atoms with Gasteiger partial charge in [-0.05, 0) is 43.7 Å². The van der Waals surface area contributed by atoms with Crippen molar-refractivity contribution in [3.05, 3.63) is 21.9 Å². The van der Waals surface area contributed by atoms with Crippen molar-refractivity contribution < 1.29 is 4.74 Å². The van der Waals surface area contributed by atoms with Gasteiger partial charge >= 0.3 is 0 Å². The van der Waals surface area contributed by atoms with Gasteiger partial charge in [0, 0.05) is 29.4 Å². The number of morpholine rings is 1. The predicted molar refractivity (Wildman–Crippen MR) is 92.3 cm³/mol. The highest BCUT2D eigenvalue weighted by Crippen LogP contribution is 2.30. The molecule has 120 valence electrons. The van der Waals surface area contributed by atoms with Crippen LogP contribution in [0.15, 0.2) is 12.1 Å². The molecule has 21 heavy (non-hydrogen) atoms. The van der Waals surface area contributed by atoms with Crippen LogP contribution in [0.3, 0.4) is 0 Å². The number of hydrogen-bond acceptors (Lipinski definition) is 3. The Morgan fingerprint density at radius 3 is 2.38 bits per heavy atom. The summed E-state index contributed by atoms with van der Waals surface area (Å²) in [5.74, 6) is 0.703.